The molecule has 2 aliphatic heterocycles. The Kier molecular flexibility index (Phi) is 4.45. The molecule has 3 fully saturated rings. The van der Waals surface area contributed by atoms with Gasteiger partial charge in [0, 0.05) is 25.3 Å². The summed E-state index contributed by atoms with van der Waals surface area (Å²) in [6, 6.07) is 1.34. The van der Waals surface area contributed by atoms with Gasteiger partial charge < -0.3 is 9.84 Å². The molecule has 1 spiro atoms. The summed E-state index contributed by atoms with van der Waals surface area (Å²) in [5, 5.41) is 9.29. The molecule has 0 aromatic rings. The molecule has 110 valence electrons. The first kappa shape index (κ1) is 13.8. The van der Waals surface area contributed by atoms with Gasteiger partial charge in [0.05, 0.1) is 5.60 Å². The maximum atomic E-state index is 9.29. The zero-order valence-electron chi connectivity index (χ0n) is 12.1. The molecule has 3 aliphatic rings. The fraction of sp³-hybridized carbons (Fsp3) is 1.00. The fourth-order valence-corrected chi connectivity index (χ4v) is 4.62. The van der Waals surface area contributed by atoms with Crippen molar-refractivity contribution in [3.8, 4) is 0 Å². The minimum absolute atomic E-state index is 0.226. The lowest BCUT2D eigenvalue weighted by Gasteiger charge is -2.47. The first-order valence-corrected chi connectivity index (χ1v) is 8.34. The third kappa shape index (κ3) is 2.98. The Hall–Kier alpha value is -0.120. The third-order valence-electron chi connectivity index (χ3n) is 5.59. The topological polar surface area (TPSA) is 32.7 Å². The quantitative estimate of drug-likeness (QED) is 0.853. The van der Waals surface area contributed by atoms with Crippen LogP contribution in [-0.2, 0) is 4.74 Å². The van der Waals surface area contributed by atoms with Gasteiger partial charge >= 0.3 is 0 Å². The molecule has 3 rings (SSSR count). The second-order valence-electron chi connectivity index (χ2n) is 6.78. The lowest BCUT2D eigenvalue weighted by Crippen LogP contribution is -2.52. The van der Waals surface area contributed by atoms with Gasteiger partial charge in [0.25, 0.3) is 0 Å². The number of aliphatic hydroxyl groups is 1. The zero-order valence-corrected chi connectivity index (χ0v) is 12.1. The van der Waals surface area contributed by atoms with Crippen molar-refractivity contribution in [3.63, 3.8) is 0 Å². The van der Waals surface area contributed by atoms with Crippen LogP contribution in [0.4, 0.5) is 0 Å². The Bertz CT molecular complexity index is 286. The van der Waals surface area contributed by atoms with E-state index in [1.807, 2.05) is 0 Å². The third-order valence-corrected chi connectivity index (χ3v) is 5.59. The van der Waals surface area contributed by atoms with Crippen LogP contribution >= 0.6 is 0 Å². The number of piperidine rings is 1. The number of hydrogen-bond acceptors (Lipinski definition) is 3. The number of nitrogens with zero attached hydrogens (tertiary/aromatic N) is 1. The maximum Gasteiger partial charge on any atom is 0.0697 e. The Balaban J connectivity index is 1.65. The summed E-state index contributed by atoms with van der Waals surface area (Å²) >= 11 is 0. The van der Waals surface area contributed by atoms with E-state index in [4.69, 9.17) is 4.74 Å². The zero-order chi connectivity index (χ0) is 13.1. The van der Waals surface area contributed by atoms with Crippen LogP contribution in [0.2, 0.25) is 0 Å². The summed E-state index contributed by atoms with van der Waals surface area (Å²) in [6.45, 7) is 2.54. The van der Waals surface area contributed by atoms with Crippen molar-refractivity contribution in [2.24, 2.45) is 0 Å². The van der Waals surface area contributed by atoms with Gasteiger partial charge in [-0.15, -0.1) is 0 Å². The number of likely N-dealkylation sites (tertiary alicyclic amines) is 1. The van der Waals surface area contributed by atoms with Crippen LogP contribution in [0.1, 0.15) is 64.2 Å². The van der Waals surface area contributed by atoms with Crippen molar-refractivity contribution in [2.75, 3.05) is 19.8 Å². The Labute approximate surface area is 117 Å². The first-order chi connectivity index (χ1) is 9.33. The normalized spacial score (nSPS) is 35.8. The SMILES string of the molecule is OCCC1CCCCN1C1CCOC2(CCCC2)C1. The van der Waals surface area contributed by atoms with Crippen molar-refractivity contribution in [3.05, 3.63) is 0 Å². The Morgan fingerprint density at radius 2 is 1.95 bits per heavy atom. The molecule has 2 atom stereocenters. The van der Waals surface area contributed by atoms with Gasteiger partial charge in [-0.05, 0) is 51.5 Å². The van der Waals surface area contributed by atoms with Crippen LogP contribution < -0.4 is 0 Å². The molecule has 2 unspecified atom stereocenters. The molecule has 1 saturated carbocycles. The summed E-state index contributed by atoms with van der Waals surface area (Å²) in [6.07, 6.45) is 12.6. The highest BCUT2D eigenvalue weighted by molar-refractivity contribution is 4.96. The van der Waals surface area contributed by atoms with Crippen LogP contribution in [-0.4, -0.2) is 47.4 Å². The van der Waals surface area contributed by atoms with E-state index in [9.17, 15) is 5.11 Å². The fourth-order valence-electron chi connectivity index (χ4n) is 4.62. The smallest absolute Gasteiger partial charge is 0.0697 e. The van der Waals surface area contributed by atoms with Crippen molar-refractivity contribution < 1.29 is 9.84 Å². The largest absolute Gasteiger partial charge is 0.396 e. The minimum atomic E-state index is 0.226. The van der Waals surface area contributed by atoms with E-state index in [0.717, 1.165) is 13.0 Å². The van der Waals surface area contributed by atoms with Crippen molar-refractivity contribution in [2.45, 2.75) is 81.9 Å². The number of hydrogen-bond donors (Lipinski definition) is 1. The van der Waals surface area contributed by atoms with Gasteiger partial charge in [-0.3, -0.25) is 4.90 Å². The summed E-state index contributed by atoms with van der Waals surface area (Å²) < 4.78 is 6.17. The van der Waals surface area contributed by atoms with Crippen LogP contribution in [0.25, 0.3) is 0 Å². The maximum absolute atomic E-state index is 9.29. The first-order valence-electron chi connectivity index (χ1n) is 8.34. The highest BCUT2D eigenvalue weighted by atomic mass is 16.5. The highest BCUT2D eigenvalue weighted by Crippen LogP contribution is 2.42. The van der Waals surface area contributed by atoms with Crippen molar-refractivity contribution >= 4 is 0 Å². The molecule has 0 aromatic carbocycles. The molecule has 0 aromatic heterocycles. The average molecular weight is 267 g/mol. The summed E-state index contributed by atoms with van der Waals surface area (Å²) in [5.74, 6) is 0. The standard InChI is InChI=1S/C16H29NO2/c18-11-6-14-5-1-4-10-17(14)15-7-12-19-16(13-15)8-2-3-9-16/h14-15,18H,1-13H2. The van der Waals surface area contributed by atoms with Crippen LogP contribution in [0.15, 0.2) is 0 Å². The lowest BCUT2D eigenvalue weighted by molar-refractivity contribution is -0.111. The molecule has 0 amide bonds. The van der Waals surface area contributed by atoms with E-state index in [1.54, 1.807) is 0 Å². The second kappa shape index (κ2) is 6.11. The van der Waals surface area contributed by atoms with Crippen molar-refractivity contribution in [1.29, 1.82) is 0 Å². The van der Waals surface area contributed by atoms with Crippen LogP contribution in [0.3, 0.4) is 0 Å². The van der Waals surface area contributed by atoms with E-state index >= 15 is 0 Å². The molecule has 0 bridgehead atoms. The summed E-state index contributed by atoms with van der Waals surface area (Å²) in [7, 11) is 0. The van der Waals surface area contributed by atoms with Gasteiger partial charge in [0.1, 0.15) is 0 Å². The van der Waals surface area contributed by atoms with Gasteiger partial charge in [0.15, 0.2) is 0 Å². The summed E-state index contributed by atoms with van der Waals surface area (Å²) in [4.78, 5) is 2.72. The number of ether oxygens (including phenoxy) is 1. The second-order valence-corrected chi connectivity index (χ2v) is 6.78. The van der Waals surface area contributed by atoms with Gasteiger partial charge in [0.2, 0.25) is 0 Å². The molecular formula is C16H29NO2. The average Bonchev–Trinajstić information content (AvgIpc) is 2.88. The van der Waals surface area contributed by atoms with E-state index in [0.29, 0.717) is 18.7 Å². The van der Waals surface area contributed by atoms with E-state index in [2.05, 4.69) is 4.90 Å². The van der Waals surface area contributed by atoms with Gasteiger partial charge in [-0.1, -0.05) is 19.3 Å². The Morgan fingerprint density at radius 1 is 1.11 bits per heavy atom. The molecule has 1 N–H and O–H groups in total. The van der Waals surface area contributed by atoms with Crippen molar-refractivity contribution in [1.82, 2.24) is 4.90 Å². The molecule has 1 aliphatic carbocycles. The molecule has 0 radical (unpaired) electrons. The predicted octanol–water partition coefficient (Wildman–Crippen LogP) is 2.72. The van der Waals surface area contributed by atoms with E-state index in [1.165, 1.54) is 64.3 Å². The number of aliphatic hydroxyl groups excluding tert-OH is 1. The summed E-state index contributed by atoms with van der Waals surface area (Å²) in [5.41, 5.74) is 0.226. The number of rotatable bonds is 3. The molecular weight excluding hydrogens is 238 g/mol. The van der Waals surface area contributed by atoms with E-state index < -0.39 is 0 Å². The van der Waals surface area contributed by atoms with Crippen LogP contribution in [0.5, 0.6) is 0 Å². The molecule has 19 heavy (non-hydrogen) atoms. The molecule has 3 nitrogen and oxygen atoms in total. The molecule has 3 heteroatoms. The van der Waals surface area contributed by atoms with Gasteiger partial charge in [-0.25, -0.2) is 0 Å². The molecule has 2 saturated heterocycles. The molecule has 2 heterocycles. The highest BCUT2D eigenvalue weighted by Gasteiger charge is 2.42. The predicted molar refractivity (Wildman–Crippen MR) is 76.2 cm³/mol. The Morgan fingerprint density at radius 3 is 2.74 bits per heavy atom. The van der Waals surface area contributed by atoms with E-state index in [-0.39, 0.29) is 5.60 Å². The monoisotopic (exact) mass is 267 g/mol. The van der Waals surface area contributed by atoms with Crippen LogP contribution in [0, 0.1) is 0 Å². The minimum Gasteiger partial charge on any atom is -0.396 e. The van der Waals surface area contributed by atoms with Gasteiger partial charge in [-0.2, -0.15) is 0 Å². The lowest BCUT2D eigenvalue weighted by atomic mass is 9.85.